The van der Waals surface area contributed by atoms with Gasteiger partial charge in [0.25, 0.3) is 0 Å². The van der Waals surface area contributed by atoms with E-state index >= 15 is 0 Å². The fraction of sp³-hybridized carbons (Fsp3) is 0.600. The van der Waals surface area contributed by atoms with Crippen LogP contribution in [0.2, 0.25) is 0 Å². The molecule has 0 amide bonds. The van der Waals surface area contributed by atoms with E-state index in [-0.39, 0.29) is 0 Å². The Morgan fingerprint density at radius 1 is 1.40 bits per heavy atom. The van der Waals surface area contributed by atoms with Crippen molar-refractivity contribution in [2.24, 2.45) is 0 Å². The van der Waals surface area contributed by atoms with Gasteiger partial charge in [-0.2, -0.15) is 4.98 Å². The molecular weight excluding hydrogens is 194 g/mol. The highest BCUT2D eigenvalue weighted by Gasteiger charge is 2.18. The lowest BCUT2D eigenvalue weighted by Crippen LogP contribution is -2.08. The van der Waals surface area contributed by atoms with Crippen molar-refractivity contribution < 1.29 is 9.47 Å². The van der Waals surface area contributed by atoms with Gasteiger partial charge in [-0.15, -0.1) is 0 Å². The normalized spacial score (nSPS) is 15.3. The number of hydrogen-bond acceptors (Lipinski definition) is 5. The molecule has 1 aromatic heterocycles. The number of fused-ring (bicyclic) bond motifs is 1. The topological polar surface area (TPSA) is 47.5 Å². The summed E-state index contributed by atoms with van der Waals surface area (Å²) in [5.41, 5.74) is 2.26. The van der Waals surface area contributed by atoms with E-state index in [1.54, 1.807) is 7.11 Å². The Kier molecular flexibility index (Phi) is 3.13. The summed E-state index contributed by atoms with van der Waals surface area (Å²) in [7, 11) is 3.70. The molecule has 1 aliphatic rings. The van der Waals surface area contributed by atoms with Gasteiger partial charge in [0, 0.05) is 32.0 Å². The zero-order valence-electron chi connectivity index (χ0n) is 9.06. The highest BCUT2D eigenvalue weighted by atomic mass is 16.5. The summed E-state index contributed by atoms with van der Waals surface area (Å²) in [4.78, 5) is 10.7. The summed E-state index contributed by atoms with van der Waals surface area (Å²) < 4.78 is 10.2. The van der Waals surface area contributed by atoms with Crippen LogP contribution in [0, 0.1) is 0 Å². The Morgan fingerprint density at radius 3 is 3.07 bits per heavy atom. The maximum Gasteiger partial charge on any atom is 0.316 e. The summed E-state index contributed by atoms with van der Waals surface area (Å²) >= 11 is 0. The fourth-order valence-electron chi connectivity index (χ4n) is 1.58. The third-order valence-electron chi connectivity index (χ3n) is 2.31. The van der Waals surface area contributed by atoms with Gasteiger partial charge >= 0.3 is 6.01 Å². The van der Waals surface area contributed by atoms with Gasteiger partial charge in [0.1, 0.15) is 6.61 Å². The van der Waals surface area contributed by atoms with Crippen molar-refractivity contribution in [2.45, 2.75) is 13.1 Å². The van der Waals surface area contributed by atoms with E-state index in [0.717, 1.165) is 18.8 Å². The molecule has 0 aliphatic carbocycles. The van der Waals surface area contributed by atoms with Gasteiger partial charge < -0.3 is 9.47 Å². The van der Waals surface area contributed by atoms with Crippen molar-refractivity contribution in [1.29, 1.82) is 0 Å². The average molecular weight is 209 g/mol. The number of rotatable bonds is 4. The first-order valence-electron chi connectivity index (χ1n) is 4.94. The lowest BCUT2D eigenvalue weighted by atomic mass is 10.3. The molecular formula is C10H15N3O2. The quantitative estimate of drug-likeness (QED) is 0.674. The van der Waals surface area contributed by atoms with Crippen molar-refractivity contribution >= 4 is 0 Å². The molecule has 2 heterocycles. The van der Waals surface area contributed by atoms with Crippen LogP contribution in [0.3, 0.4) is 0 Å². The molecule has 0 spiro atoms. The highest BCUT2D eigenvalue weighted by Crippen LogP contribution is 2.19. The van der Waals surface area contributed by atoms with Crippen LogP contribution in [-0.4, -0.2) is 42.2 Å². The van der Waals surface area contributed by atoms with Crippen LogP contribution >= 0.6 is 0 Å². The molecule has 0 atom stereocenters. The minimum atomic E-state index is 0.445. The molecule has 0 bridgehead atoms. The Labute approximate surface area is 89.0 Å². The third-order valence-corrected chi connectivity index (χ3v) is 2.31. The molecule has 1 aliphatic heterocycles. The Hall–Kier alpha value is -1.20. The van der Waals surface area contributed by atoms with Crippen molar-refractivity contribution in [3.05, 3.63) is 17.5 Å². The van der Waals surface area contributed by atoms with Crippen molar-refractivity contribution in [1.82, 2.24) is 14.9 Å². The van der Waals surface area contributed by atoms with Crippen molar-refractivity contribution in [3.8, 4) is 6.01 Å². The maximum atomic E-state index is 5.34. The first-order valence-corrected chi connectivity index (χ1v) is 4.94. The van der Waals surface area contributed by atoms with E-state index in [9.17, 15) is 0 Å². The first kappa shape index (κ1) is 10.3. The molecule has 0 fully saturated rings. The SMILES string of the molecule is COCCOc1ncc2c(n1)CN(C)C2. The van der Waals surface area contributed by atoms with Gasteiger partial charge in [-0.25, -0.2) is 4.98 Å². The monoisotopic (exact) mass is 209 g/mol. The molecule has 0 saturated carbocycles. The molecule has 0 N–H and O–H groups in total. The minimum Gasteiger partial charge on any atom is -0.461 e. The molecule has 0 unspecified atom stereocenters. The fourth-order valence-corrected chi connectivity index (χ4v) is 1.58. The van der Waals surface area contributed by atoms with Crippen molar-refractivity contribution in [3.63, 3.8) is 0 Å². The third kappa shape index (κ3) is 2.43. The Bertz CT molecular complexity index is 343. The average Bonchev–Trinajstić information content (AvgIpc) is 2.57. The van der Waals surface area contributed by atoms with Gasteiger partial charge in [-0.1, -0.05) is 0 Å². The summed E-state index contributed by atoms with van der Waals surface area (Å²) in [5, 5.41) is 0. The maximum absolute atomic E-state index is 5.34. The largest absolute Gasteiger partial charge is 0.461 e. The number of nitrogens with zero attached hydrogens (tertiary/aromatic N) is 3. The van der Waals surface area contributed by atoms with E-state index in [0.29, 0.717) is 19.2 Å². The number of aromatic nitrogens is 2. The van der Waals surface area contributed by atoms with E-state index in [1.165, 1.54) is 5.56 Å². The van der Waals surface area contributed by atoms with Crippen LogP contribution in [0.1, 0.15) is 11.3 Å². The summed E-state index contributed by atoms with van der Waals surface area (Å²) in [6.45, 7) is 2.84. The second-order valence-corrected chi connectivity index (χ2v) is 3.64. The van der Waals surface area contributed by atoms with Gasteiger partial charge in [0.05, 0.1) is 12.3 Å². The van der Waals surface area contributed by atoms with Crippen LogP contribution in [0.15, 0.2) is 6.20 Å². The lowest BCUT2D eigenvalue weighted by molar-refractivity contribution is 0.140. The predicted octanol–water partition coefficient (Wildman–Crippen LogP) is 0.447. The molecule has 5 nitrogen and oxygen atoms in total. The van der Waals surface area contributed by atoms with Crippen LogP contribution in [-0.2, 0) is 17.8 Å². The van der Waals surface area contributed by atoms with Crippen LogP contribution < -0.4 is 4.74 Å². The molecule has 0 radical (unpaired) electrons. The van der Waals surface area contributed by atoms with Crippen LogP contribution in [0.25, 0.3) is 0 Å². The highest BCUT2D eigenvalue weighted by molar-refractivity contribution is 5.22. The molecule has 0 aromatic carbocycles. The van der Waals surface area contributed by atoms with Gasteiger partial charge in [-0.3, -0.25) is 4.90 Å². The zero-order chi connectivity index (χ0) is 10.7. The van der Waals surface area contributed by atoms with E-state index in [2.05, 4.69) is 21.9 Å². The smallest absolute Gasteiger partial charge is 0.316 e. The molecule has 0 saturated heterocycles. The lowest BCUT2D eigenvalue weighted by Gasteiger charge is -2.04. The Balaban J connectivity index is 2.00. The Morgan fingerprint density at radius 2 is 2.27 bits per heavy atom. The zero-order valence-corrected chi connectivity index (χ0v) is 9.06. The number of methoxy groups -OCH3 is 1. The van der Waals surface area contributed by atoms with E-state index in [1.807, 2.05) is 6.20 Å². The summed E-state index contributed by atoms with van der Waals surface area (Å²) in [5.74, 6) is 0. The van der Waals surface area contributed by atoms with Gasteiger partial charge in [0.2, 0.25) is 0 Å². The van der Waals surface area contributed by atoms with Gasteiger partial charge in [0.15, 0.2) is 0 Å². The molecule has 5 heteroatoms. The van der Waals surface area contributed by atoms with E-state index < -0.39 is 0 Å². The number of hydrogen-bond donors (Lipinski definition) is 0. The first-order chi connectivity index (χ1) is 7.29. The molecule has 15 heavy (non-hydrogen) atoms. The van der Waals surface area contributed by atoms with Crippen LogP contribution in [0.4, 0.5) is 0 Å². The van der Waals surface area contributed by atoms with Gasteiger partial charge in [-0.05, 0) is 7.05 Å². The molecule has 1 aromatic rings. The second kappa shape index (κ2) is 4.55. The predicted molar refractivity (Wildman–Crippen MR) is 54.6 cm³/mol. The standard InChI is InChI=1S/C10H15N3O2/c1-13-6-8-5-11-10(12-9(8)7-13)15-4-3-14-2/h5H,3-4,6-7H2,1-2H3. The van der Waals surface area contributed by atoms with Crippen molar-refractivity contribution in [2.75, 3.05) is 27.4 Å². The molecule has 2 rings (SSSR count). The summed E-state index contributed by atoms with van der Waals surface area (Å²) in [6.07, 6.45) is 1.84. The minimum absolute atomic E-state index is 0.445. The van der Waals surface area contributed by atoms with Crippen LogP contribution in [0.5, 0.6) is 6.01 Å². The second-order valence-electron chi connectivity index (χ2n) is 3.64. The van der Waals surface area contributed by atoms with E-state index in [4.69, 9.17) is 9.47 Å². The molecule has 82 valence electrons. The number of ether oxygens (including phenoxy) is 2. The summed E-state index contributed by atoms with van der Waals surface area (Å²) in [6, 6.07) is 0.445.